The van der Waals surface area contributed by atoms with Gasteiger partial charge in [-0.25, -0.2) is 4.79 Å². The van der Waals surface area contributed by atoms with E-state index in [1.165, 1.54) is 105 Å². The molecule has 2 aromatic heterocycles. The molecule has 52 heavy (non-hydrogen) atoms. The molecule has 8 nitrogen and oxygen atoms in total. The number of hydrogen-bond donors (Lipinski definition) is 4. The van der Waals surface area contributed by atoms with Crippen LogP contribution in [0, 0.1) is 27.7 Å². The van der Waals surface area contributed by atoms with E-state index < -0.39 is 5.97 Å². The van der Waals surface area contributed by atoms with Crippen molar-refractivity contribution in [2.75, 3.05) is 36.8 Å². The molecule has 0 saturated heterocycles. The van der Waals surface area contributed by atoms with E-state index in [4.69, 9.17) is 0 Å². The Kier molecular flexibility index (Phi) is 17.0. The highest BCUT2D eigenvalue weighted by Gasteiger charge is 2.24. The fourth-order valence-electron chi connectivity index (χ4n) is 6.67. The lowest BCUT2D eigenvalue weighted by Gasteiger charge is -2.39. The molecule has 0 spiro atoms. The number of hydrogen-bond acceptors (Lipinski definition) is 3. The summed E-state index contributed by atoms with van der Waals surface area (Å²) in [6, 6.07) is 19.6. The number of fused-ring (bicyclic) bond motifs is 2. The van der Waals surface area contributed by atoms with Crippen molar-refractivity contribution in [1.82, 2.24) is 9.97 Å². The smallest absolute Gasteiger partial charge is 0.323 e. The molecule has 0 saturated carbocycles. The zero-order valence-corrected chi connectivity index (χ0v) is 33.0. The molecule has 2 heterocycles. The number of carboxylic acid groups (broad SMARTS) is 1. The molecule has 282 valence electrons. The second-order valence-corrected chi connectivity index (χ2v) is 14.1. The van der Waals surface area contributed by atoms with Crippen LogP contribution in [0.25, 0.3) is 21.8 Å². The van der Waals surface area contributed by atoms with Crippen molar-refractivity contribution in [3.63, 3.8) is 0 Å². The first-order chi connectivity index (χ1) is 25.0. The Morgan fingerprint density at radius 1 is 0.577 bits per heavy atom. The SMILES string of the molecule is CCCC[N+](CCCC)(CCCC)CCCC.Cc1[nH]c2c(NC(=O)Nc3cccc4c(C)c(C)[nH]c34)cccc2c1C.O=C([O-])c1ccccc1. The van der Waals surface area contributed by atoms with Crippen molar-refractivity contribution in [2.45, 2.75) is 107 Å². The minimum atomic E-state index is -1.13. The van der Waals surface area contributed by atoms with Gasteiger partial charge in [-0.05, 0) is 82.2 Å². The Labute approximate surface area is 312 Å². The van der Waals surface area contributed by atoms with Gasteiger partial charge in [0.05, 0.1) is 54.6 Å². The quantitative estimate of drug-likeness (QED) is 0.0812. The van der Waals surface area contributed by atoms with Crippen molar-refractivity contribution in [2.24, 2.45) is 0 Å². The lowest BCUT2D eigenvalue weighted by atomic mass is 10.1. The van der Waals surface area contributed by atoms with Crippen molar-refractivity contribution in [3.8, 4) is 0 Å². The molecule has 4 N–H and O–H groups in total. The standard InChI is InChI=1S/C21H22N4O.C16H36N.C7H6O2/c1-11-13(3)22-19-15(11)7-5-9-17(19)24-21(26)25-18-10-6-8-16-12(2)14(4)23-20(16)18;1-5-9-13-17(14-10-6-2,15-11-7-3)16-12-8-4;8-7(9)6-4-2-1-3-5-6/h5-10,22-23H,1-4H3,(H2,24,25,26);5-16H2,1-4H3;1-5H,(H,8,9)/q;+1;/p-1. The maximum atomic E-state index is 12.6. The summed E-state index contributed by atoms with van der Waals surface area (Å²) in [5.41, 5.74) is 8.26. The number of amides is 2. The van der Waals surface area contributed by atoms with Gasteiger partial charge in [0.1, 0.15) is 0 Å². The molecule has 0 aliphatic heterocycles. The molecule has 2 amide bonds. The lowest BCUT2D eigenvalue weighted by Crippen LogP contribution is -2.50. The zero-order chi connectivity index (χ0) is 38.1. The van der Waals surface area contributed by atoms with E-state index in [0.29, 0.717) is 0 Å². The highest BCUT2D eigenvalue weighted by Crippen LogP contribution is 2.29. The highest BCUT2D eigenvalue weighted by atomic mass is 16.4. The van der Waals surface area contributed by atoms with E-state index in [0.717, 1.165) is 44.6 Å². The third-order valence-electron chi connectivity index (χ3n) is 10.1. The minimum Gasteiger partial charge on any atom is -0.545 e. The van der Waals surface area contributed by atoms with Crippen LogP contribution in [-0.2, 0) is 0 Å². The fourth-order valence-corrected chi connectivity index (χ4v) is 6.67. The van der Waals surface area contributed by atoms with Crippen molar-refractivity contribution < 1.29 is 19.2 Å². The first kappa shape index (κ1) is 41.9. The number of aryl methyl sites for hydroxylation is 4. The largest absolute Gasteiger partial charge is 0.545 e. The molecule has 0 atom stereocenters. The van der Waals surface area contributed by atoms with Crippen LogP contribution >= 0.6 is 0 Å². The Hall–Kier alpha value is -4.56. The monoisotopic (exact) mass is 709 g/mol. The Morgan fingerprint density at radius 2 is 0.962 bits per heavy atom. The van der Waals surface area contributed by atoms with Gasteiger partial charge in [-0.1, -0.05) is 108 Å². The third kappa shape index (κ3) is 11.7. The Morgan fingerprint density at radius 3 is 1.29 bits per heavy atom. The first-order valence-electron chi connectivity index (χ1n) is 19.4. The number of aromatic carboxylic acids is 1. The molecule has 5 aromatic rings. The number of carboxylic acids is 1. The molecule has 0 aliphatic rings. The van der Waals surface area contributed by atoms with Crippen molar-refractivity contribution >= 4 is 45.2 Å². The van der Waals surface area contributed by atoms with Gasteiger partial charge in [-0.15, -0.1) is 0 Å². The number of benzene rings is 3. The zero-order valence-electron chi connectivity index (χ0n) is 33.0. The van der Waals surface area contributed by atoms with Gasteiger partial charge >= 0.3 is 6.03 Å². The summed E-state index contributed by atoms with van der Waals surface area (Å²) < 4.78 is 1.42. The predicted octanol–water partition coefficient (Wildman–Crippen LogP) is 10.6. The average molecular weight is 710 g/mol. The third-order valence-corrected chi connectivity index (χ3v) is 10.1. The van der Waals surface area contributed by atoms with Gasteiger partial charge in [0, 0.05) is 22.2 Å². The number of aromatic amines is 2. The number of unbranched alkanes of at least 4 members (excludes halogenated alkanes) is 4. The van der Waals surface area contributed by atoms with Crippen molar-refractivity contribution in [3.05, 3.63) is 94.8 Å². The normalized spacial score (nSPS) is 11.1. The number of nitrogens with one attached hydrogen (secondary N) is 4. The molecule has 5 rings (SSSR count). The van der Waals surface area contributed by atoms with Crippen LogP contribution in [-0.4, -0.2) is 52.6 Å². The van der Waals surface area contributed by atoms with Gasteiger partial charge in [0.25, 0.3) is 0 Å². The van der Waals surface area contributed by atoms with Crippen LogP contribution in [0.2, 0.25) is 0 Å². The second-order valence-electron chi connectivity index (χ2n) is 14.1. The molecular weight excluding hydrogens is 647 g/mol. The predicted molar refractivity (Wildman–Crippen MR) is 218 cm³/mol. The maximum absolute atomic E-state index is 12.6. The van der Waals surface area contributed by atoms with Gasteiger partial charge in [-0.2, -0.15) is 0 Å². The van der Waals surface area contributed by atoms with E-state index in [2.05, 4.69) is 74.3 Å². The molecule has 3 aromatic carbocycles. The summed E-state index contributed by atoms with van der Waals surface area (Å²) in [5.74, 6) is -1.13. The van der Waals surface area contributed by atoms with Crippen LogP contribution in [0.3, 0.4) is 0 Å². The van der Waals surface area contributed by atoms with Crippen LogP contribution in [0.15, 0.2) is 66.7 Å². The first-order valence-corrected chi connectivity index (χ1v) is 19.4. The van der Waals surface area contributed by atoms with E-state index >= 15 is 0 Å². The fraction of sp³-hybridized carbons (Fsp3) is 0.455. The Bertz CT molecular complexity index is 1710. The van der Waals surface area contributed by atoms with Gasteiger partial charge in [-0.3, -0.25) is 0 Å². The minimum absolute atomic E-state index is 0.220. The summed E-state index contributed by atoms with van der Waals surface area (Å²) in [4.78, 5) is 29.4. The highest BCUT2D eigenvalue weighted by molar-refractivity contribution is 6.09. The number of para-hydroxylation sites is 2. The molecular formula is C44H63N5O3. The number of rotatable bonds is 15. The van der Waals surface area contributed by atoms with Crippen LogP contribution in [0.4, 0.5) is 16.2 Å². The van der Waals surface area contributed by atoms with Gasteiger partial charge in [0.2, 0.25) is 0 Å². The number of carbonyl (C=O) groups excluding carboxylic acids is 2. The van der Waals surface area contributed by atoms with E-state index in [-0.39, 0.29) is 11.6 Å². The number of urea groups is 1. The van der Waals surface area contributed by atoms with Crippen LogP contribution in [0.1, 0.15) is 112 Å². The van der Waals surface area contributed by atoms with E-state index in [1.807, 2.05) is 38.1 Å². The molecule has 0 radical (unpaired) electrons. The number of nitrogens with zero attached hydrogens (tertiary/aromatic N) is 1. The molecule has 0 aliphatic carbocycles. The van der Waals surface area contributed by atoms with Gasteiger partial charge in [0.15, 0.2) is 0 Å². The van der Waals surface area contributed by atoms with Crippen LogP contribution < -0.4 is 15.7 Å². The van der Waals surface area contributed by atoms with Crippen LogP contribution in [0.5, 0.6) is 0 Å². The van der Waals surface area contributed by atoms with Gasteiger partial charge < -0.3 is 35.0 Å². The summed E-state index contributed by atoms with van der Waals surface area (Å²) in [5, 5.41) is 18.3. The summed E-state index contributed by atoms with van der Waals surface area (Å²) >= 11 is 0. The number of H-pyrrole nitrogens is 2. The second kappa shape index (κ2) is 21.1. The molecule has 0 bridgehead atoms. The van der Waals surface area contributed by atoms with Crippen molar-refractivity contribution in [1.29, 1.82) is 0 Å². The lowest BCUT2D eigenvalue weighted by molar-refractivity contribution is -0.929. The average Bonchev–Trinajstić information content (AvgIpc) is 3.62. The number of quaternary nitrogens is 1. The Balaban J connectivity index is 0.000000241. The molecule has 0 fully saturated rings. The number of aromatic nitrogens is 2. The summed E-state index contributed by atoms with van der Waals surface area (Å²) in [7, 11) is 0. The van der Waals surface area contributed by atoms with E-state index in [1.54, 1.807) is 18.2 Å². The molecule has 0 unspecified atom stereocenters. The number of anilines is 2. The van der Waals surface area contributed by atoms with E-state index in [9.17, 15) is 14.7 Å². The summed E-state index contributed by atoms with van der Waals surface area (Å²) in [6.45, 7) is 23.2. The summed E-state index contributed by atoms with van der Waals surface area (Å²) in [6.07, 6.45) is 11.1. The topological polar surface area (TPSA) is 113 Å². The maximum Gasteiger partial charge on any atom is 0.323 e. The molecule has 8 heteroatoms. The number of carbonyl (C=O) groups is 2.